The van der Waals surface area contributed by atoms with Crippen molar-refractivity contribution in [2.24, 2.45) is 0 Å². The zero-order chi connectivity index (χ0) is 40.4. The Kier molecular flexibility index (Phi) is 18.5. The molecule has 59 heavy (non-hydrogen) atoms. The normalized spacial score (nSPS) is 13.6. The van der Waals surface area contributed by atoms with E-state index in [9.17, 15) is 10.1 Å². The summed E-state index contributed by atoms with van der Waals surface area (Å²) >= 11 is 0. The van der Waals surface area contributed by atoms with Gasteiger partial charge < -0.3 is 24.3 Å². The fourth-order valence-corrected chi connectivity index (χ4v) is 7.23. The standard InChI is InChI=1S/C25H28BNO3.C25H29NO2.ClH/c1-2-16-29-23-15-9-14-22-24(30-26(28)25(22)23)19-27(17-20-10-5-3-6-11-20)18-21-12-7-4-8-13-21;1-2-16-28-24-15-9-14-23(17-24)25(27)20-26(18-21-10-5-3-6-11-21)19-22-12-7-4-8-13-22;/h3-15,24,28H,2,16-19H2,1H3;3-15,17,25,27H,2,16,18-20H2,1H3;1H/t24-;25-;/m11./s1. The molecule has 2 atom stereocenters. The molecule has 7 rings (SSSR count). The lowest BCUT2D eigenvalue weighted by Crippen LogP contribution is -2.30. The van der Waals surface area contributed by atoms with Gasteiger partial charge in [-0.05, 0) is 64.4 Å². The summed E-state index contributed by atoms with van der Waals surface area (Å²) in [5.74, 6) is 1.54. The third-order valence-electron chi connectivity index (χ3n) is 10.0. The van der Waals surface area contributed by atoms with Gasteiger partial charge in [0.15, 0.2) is 0 Å². The molecule has 0 saturated carbocycles. The van der Waals surface area contributed by atoms with Crippen LogP contribution in [0.25, 0.3) is 0 Å². The van der Waals surface area contributed by atoms with E-state index in [1.165, 1.54) is 22.3 Å². The van der Waals surface area contributed by atoms with Crippen molar-refractivity contribution in [2.75, 3.05) is 26.3 Å². The third kappa shape index (κ3) is 14.1. The Bertz CT molecular complexity index is 1980. The first-order valence-electron chi connectivity index (χ1n) is 20.6. The second-order valence-corrected chi connectivity index (χ2v) is 14.8. The smallest absolute Gasteiger partial charge is 0.494 e. The predicted octanol–water partition coefficient (Wildman–Crippen LogP) is 9.57. The van der Waals surface area contributed by atoms with Crippen LogP contribution in [0.2, 0.25) is 0 Å². The quantitative estimate of drug-likeness (QED) is 0.0790. The Labute approximate surface area is 357 Å². The summed E-state index contributed by atoms with van der Waals surface area (Å²) in [6.45, 7) is 9.92. The zero-order valence-corrected chi connectivity index (χ0v) is 35.1. The number of halogens is 1. The molecule has 2 N–H and O–H groups in total. The highest BCUT2D eigenvalue weighted by Crippen LogP contribution is 2.30. The summed E-state index contributed by atoms with van der Waals surface area (Å²) in [6.07, 6.45) is 1.12. The average molecular weight is 813 g/mol. The van der Waals surface area contributed by atoms with E-state index < -0.39 is 13.2 Å². The van der Waals surface area contributed by atoms with Crippen molar-refractivity contribution in [1.82, 2.24) is 9.80 Å². The number of nitrogens with zero attached hydrogens (tertiary/aromatic N) is 2. The predicted molar refractivity (Wildman–Crippen MR) is 242 cm³/mol. The van der Waals surface area contributed by atoms with Crippen LogP contribution in [-0.4, -0.2) is 53.4 Å². The van der Waals surface area contributed by atoms with Gasteiger partial charge in [-0.2, -0.15) is 0 Å². The highest BCUT2D eigenvalue weighted by molar-refractivity contribution is 6.62. The molecule has 308 valence electrons. The molecule has 1 heterocycles. The lowest BCUT2D eigenvalue weighted by Gasteiger charge is -2.26. The van der Waals surface area contributed by atoms with Gasteiger partial charge in [0.25, 0.3) is 0 Å². The number of aliphatic hydroxyl groups excluding tert-OH is 1. The summed E-state index contributed by atoms with van der Waals surface area (Å²) in [5, 5.41) is 21.5. The maximum absolute atomic E-state index is 10.9. The van der Waals surface area contributed by atoms with Gasteiger partial charge in [-0.1, -0.05) is 159 Å². The lowest BCUT2D eigenvalue weighted by molar-refractivity contribution is 0.104. The van der Waals surface area contributed by atoms with E-state index in [-0.39, 0.29) is 18.5 Å². The van der Waals surface area contributed by atoms with Crippen molar-refractivity contribution in [2.45, 2.75) is 65.1 Å². The minimum absolute atomic E-state index is 0. The first kappa shape index (κ1) is 45.2. The highest BCUT2D eigenvalue weighted by Gasteiger charge is 2.38. The molecule has 0 bridgehead atoms. The average Bonchev–Trinajstić information content (AvgIpc) is 3.58. The number of hydrogen-bond donors (Lipinski definition) is 2. The van der Waals surface area contributed by atoms with Gasteiger partial charge in [0.2, 0.25) is 0 Å². The van der Waals surface area contributed by atoms with E-state index in [0.29, 0.717) is 26.3 Å². The van der Waals surface area contributed by atoms with E-state index in [1.54, 1.807) is 0 Å². The Morgan fingerprint density at radius 3 is 1.58 bits per heavy atom. The second-order valence-electron chi connectivity index (χ2n) is 14.8. The van der Waals surface area contributed by atoms with Crippen LogP contribution >= 0.6 is 12.4 Å². The Morgan fingerprint density at radius 1 is 0.593 bits per heavy atom. The largest absolute Gasteiger partial charge is 0.495 e. The Morgan fingerprint density at radius 2 is 1.07 bits per heavy atom. The van der Waals surface area contributed by atoms with Crippen LogP contribution in [0.5, 0.6) is 11.5 Å². The van der Waals surface area contributed by atoms with Gasteiger partial charge in [-0.15, -0.1) is 12.4 Å². The summed E-state index contributed by atoms with van der Waals surface area (Å²) in [7, 11) is -0.951. The van der Waals surface area contributed by atoms with Gasteiger partial charge in [-0.25, -0.2) is 0 Å². The summed E-state index contributed by atoms with van der Waals surface area (Å²) in [6, 6.07) is 55.5. The maximum atomic E-state index is 10.9. The molecular formula is C50H58BClN2O5. The maximum Gasteiger partial charge on any atom is 0.495 e. The molecule has 0 aromatic heterocycles. The van der Waals surface area contributed by atoms with Crippen LogP contribution in [0.4, 0.5) is 0 Å². The molecule has 0 saturated heterocycles. The van der Waals surface area contributed by atoms with Crippen molar-refractivity contribution >= 4 is 25.0 Å². The minimum Gasteiger partial charge on any atom is -0.494 e. The highest BCUT2D eigenvalue weighted by atomic mass is 35.5. The summed E-state index contributed by atoms with van der Waals surface area (Å²) < 4.78 is 17.6. The second kappa shape index (κ2) is 24.2. The summed E-state index contributed by atoms with van der Waals surface area (Å²) in [4.78, 5) is 4.66. The number of benzene rings is 6. The van der Waals surface area contributed by atoms with Crippen molar-refractivity contribution in [3.05, 3.63) is 197 Å². The molecule has 7 nitrogen and oxygen atoms in total. The number of ether oxygens (including phenoxy) is 2. The van der Waals surface area contributed by atoms with Gasteiger partial charge in [0.1, 0.15) is 11.5 Å². The molecule has 1 aliphatic heterocycles. The Balaban J connectivity index is 0.000000221. The first-order chi connectivity index (χ1) is 28.5. The zero-order valence-electron chi connectivity index (χ0n) is 34.3. The molecule has 0 unspecified atom stereocenters. The topological polar surface area (TPSA) is 74.6 Å². The van der Waals surface area contributed by atoms with Gasteiger partial charge >= 0.3 is 7.12 Å². The lowest BCUT2D eigenvalue weighted by atomic mass is 9.78. The molecule has 0 radical (unpaired) electrons. The number of hydrogen-bond acceptors (Lipinski definition) is 7. The molecule has 6 aromatic rings. The van der Waals surface area contributed by atoms with Gasteiger partial charge in [-0.3, -0.25) is 9.80 Å². The van der Waals surface area contributed by atoms with E-state index in [0.717, 1.165) is 67.1 Å². The van der Waals surface area contributed by atoms with E-state index >= 15 is 0 Å². The van der Waals surface area contributed by atoms with Crippen molar-refractivity contribution in [3.63, 3.8) is 0 Å². The van der Waals surface area contributed by atoms with Crippen molar-refractivity contribution < 1.29 is 24.3 Å². The van der Waals surface area contributed by atoms with Crippen LogP contribution in [0.1, 0.15) is 72.3 Å². The van der Waals surface area contributed by atoms with Crippen LogP contribution < -0.4 is 14.9 Å². The fraction of sp³-hybridized carbons (Fsp3) is 0.280. The molecule has 0 spiro atoms. The number of fused-ring (bicyclic) bond motifs is 1. The van der Waals surface area contributed by atoms with Gasteiger partial charge in [0.05, 0.1) is 25.4 Å². The van der Waals surface area contributed by atoms with Crippen molar-refractivity contribution in [1.29, 1.82) is 0 Å². The Hall–Kier alpha value is -4.93. The van der Waals surface area contributed by atoms with Crippen LogP contribution in [0.15, 0.2) is 164 Å². The minimum atomic E-state index is -0.951. The van der Waals surface area contributed by atoms with E-state index in [1.807, 2.05) is 66.7 Å². The van der Waals surface area contributed by atoms with Crippen LogP contribution in [0, 0.1) is 0 Å². The molecular weight excluding hydrogens is 755 g/mol. The third-order valence-corrected chi connectivity index (χ3v) is 10.0. The van der Waals surface area contributed by atoms with E-state index in [2.05, 4.69) is 121 Å². The van der Waals surface area contributed by atoms with Gasteiger partial charge in [0, 0.05) is 44.7 Å². The molecule has 1 aliphatic rings. The molecule has 0 fully saturated rings. The number of aliphatic hydroxyl groups is 1. The molecule has 6 aromatic carbocycles. The first-order valence-corrected chi connectivity index (χ1v) is 20.6. The number of rotatable bonds is 19. The summed E-state index contributed by atoms with van der Waals surface area (Å²) in [5.41, 5.74) is 7.67. The molecule has 0 aliphatic carbocycles. The molecule has 0 amide bonds. The monoisotopic (exact) mass is 812 g/mol. The van der Waals surface area contributed by atoms with E-state index in [4.69, 9.17) is 14.1 Å². The SMILES string of the molecule is CCCOc1cccc([C@H](O)CN(Cc2ccccc2)Cc2ccccc2)c1.CCCOc1cccc2c1B(O)O[C@@H]2CN(Cc1ccccc1)Cc1ccccc1.Cl. The van der Waals surface area contributed by atoms with Crippen LogP contribution in [0.3, 0.4) is 0 Å². The van der Waals surface area contributed by atoms with Crippen molar-refractivity contribution in [3.8, 4) is 11.5 Å². The van der Waals surface area contributed by atoms with Crippen LogP contribution in [-0.2, 0) is 30.8 Å². The fourth-order valence-electron chi connectivity index (χ4n) is 7.23. The molecule has 9 heteroatoms.